The molecule has 1 N–H and O–H groups in total. The number of non-ortho nitro benzene ring substituents is 1. The quantitative estimate of drug-likeness (QED) is 0.637. The molecule has 1 saturated heterocycles. The predicted octanol–water partition coefficient (Wildman–Crippen LogP) is 3.48. The van der Waals surface area contributed by atoms with Gasteiger partial charge in [-0.25, -0.2) is 0 Å². The van der Waals surface area contributed by atoms with E-state index in [1.165, 1.54) is 5.56 Å². The SMILES string of the molecule is O=C(NCCc1ccccc1)[C@@H]1Cc2cc([N+](=O)[O-])ccc2N2CCCC[C@@H]12. The Morgan fingerprint density at radius 2 is 2.00 bits per heavy atom. The summed E-state index contributed by atoms with van der Waals surface area (Å²) in [6.07, 6.45) is 4.57. The second kappa shape index (κ2) is 8.00. The molecule has 1 amide bonds. The van der Waals surface area contributed by atoms with Crippen LogP contribution in [-0.2, 0) is 17.6 Å². The maximum atomic E-state index is 13.0. The van der Waals surface area contributed by atoms with Crippen LogP contribution in [0.2, 0.25) is 0 Å². The Labute approximate surface area is 164 Å². The molecule has 0 aromatic heterocycles. The van der Waals surface area contributed by atoms with Gasteiger partial charge in [-0.05, 0) is 49.3 Å². The molecule has 2 heterocycles. The molecule has 0 spiro atoms. The molecular formula is C22H25N3O3. The van der Waals surface area contributed by atoms with E-state index in [2.05, 4.69) is 22.3 Å². The molecule has 146 valence electrons. The first-order chi connectivity index (χ1) is 13.6. The second-order valence-electron chi connectivity index (χ2n) is 7.66. The van der Waals surface area contributed by atoms with Crippen molar-refractivity contribution >= 4 is 17.3 Å². The van der Waals surface area contributed by atoms with E-state index in [0.29, 0.717) is 13.0 Å². The molecule has 28 heavy (non-hydrogen) atoms. The monoisotopic (exact) mass is 379 g/mol. The Morgan fingerprint density at radius 1 is 1.18 bits per heavy atom. The maximum Gasteiger partial charge on any atom is 0.269 e. The molecular weight excluding hydrogens is 354 g/mol. The number of carbonyl (C=O) groups excluding carboxylic acids is 1. The normalized spacial score (nSPS) is 20.8. The van der Waals surface area contributed by atoms with Gasteiger partial charge >= 0.3 is 0 Å². The lowest BCUT2D eigenvalue weighted by atomic mass is 9.80. The van der Waals surface area contributed by atoms with Crippen LogP contribution in [-0.4, -0.2) is 30.0 Å². The van der Waals surface area contributed by atoms with Gasteiger partial charge in [0.15, 0.2) is 0 Å². The number of piperidine rings is 1. The standard InChI is InChI=1S/C22H25N3O3/c26-22(23-12-11-16-6-2-1-3-7-16)19-15-17-14-18(25(27)28)9-10-20(17)24-13-5-4-8-21(19)24/h1-3,6-7,9-10,14,19,21H,4-5,8,11-13,15H2,(H,23,26)/t19-,21+/m1/s1. The molecule has 2 aromatic rings. The van der Waals surface area contributed by atoms with E-state index in [1.54, 1.807) is 12.1 Å². The maximum absolute atomic E-state index is 13.0. The third-order valence-electron chi connectivity index (χ3n) is 5.93. The van der Waals surface area contributed by atoms with Crippen molar-refractivity contribution in [2.24, 2.45) is 5.92 Å². The summed E-state index contributed by atoms with van der Waals surface area (Å²) in [6.45, 7) is 1.51. The summed E-state index contributed by atoms with van der Waals surface area (Å²) in [4.78, 5) is 26.1. The number of nitro benzene ring substituents is 1. The Kier molecular flexibility index (Phi) is 5.28. The number of nitrogens with zero attached hydrogens (tertiary/aromatic N) is 2. The number of benzene rings is 2. The number of hydrogen-bond donors (Lipinski definition) is 1. The molecule has 6 nitrogen and oxygen atoms in total. The molecule has 0 bridgehead atoms. The lowest BCUT2D eigenvalue weighted by Gasteiger charge is -2.45. The Bertz CT molecular complexity index is 869. The Morgan fingerprint density at radius 3 is 2.79 bits per heavy atom. The zero-order valence-corrected chi connectivity index (χ0v) is 15.8. The average molecular weight is 379 g/mol. The van der Waals surface area contributed by atoms with Crippen LogP contribution < -0.4 is 10.2 Å². The number of fused-ring (bicyclic) bond motifs is 3. The molecule has 0 unspecified atom stereocenters. The summed E-state index contributed by atoms with van der Waals surface area (Å²) in [5.74, 6) is -0.101. The number of carbonyl (C=O) groups is 1. The predicted molar refractivity (Wildman–Crippen MR) is 108 cm³/mol. The molecule has 1 fully saturated rings. The van der Waals surface area contributed by atoms with Crippen molar-refractivity contribution in [3.05, 3.63) is 69.8 Å². The van der Waals surface area contributed by atoms with Crippen LogP contribution >= 0.6 is 0 Å². The number of nitrogens with one attached hydrogen (secondary N) is 1. The number of amides is 1. The van der Waals surface area contributed by atoms with Crippen LogP contribution in [0, 0.1) is 16.0 Å². The third kappa shape index (κ3) is 3.72. The van der Waals surface area contributed by atoms with Gasteiger partial charge in [-0.3, -0.25) is 14.9 Å². The smallest absolute Gasteiger partial charge is 0.269 e. The fourth-order valence-corrected chi connectivity index (χ4v) is 4.55. The zero-order chi connectivity index (χ0) is 19.5. The number of rotatable bonds is 5. The van der Waals surface area contributed by atoms with Gasteiger partial charge in [0, 0.05) is 37.0 Å². The van der Waals surface area contributed by atoms with Gasteiger partial charge in [-0.2, -0.15) is 0 Å². The van der Waals surface area contributed by atoms with Crippen molar-refractivity contribution in [1.29, 1.82) is 0 Å². The van der Waals surface area contributed by atoms with E-state index in [0.717, 1.165) is 43.5 Å². The third-order valence-corrected chi connectivity index (χ3v) is 5.93. The van der Waals surface area contributed by atoms with E-state index >= 15 is 0 Å². The van der Waals surface area contributed by atoms with Crippen molar-refractivity contribution in [2.45, 2.75) is 38.1 Å². The van der Waals surface area contributed by atoms with Gasteiger partial charge in [0.25, 0.3) is 5.69 Å². The van der Waals surface area contributed by atoms with Crippen LogP contribution in [0.15, 0.2) is 48.5 Å². The van der Waals surface area contributed by atoms with Crippen molar-refractivity contribution in [2.75, 3.05) is 18.0 Å². The first-order valence-electron chi connectivity index (χ1n) is 9.99. The highest BCUT2D eigenvalue weighted by atomic mass is 16.6. The summed E-state index contributed by atoms with van der Waals surface area (Å²) in [6, 6.07) is 15.4. The number of anilines is 1. The number of hydrogen-bond acceptors (Lipinski definition) is 4. The molecule has 0 saturated carbocycles. The lowest BCUT2D eigenvalue weighted by molar-refractivity contribution is -0.384. The van der Waals surface area contributed by atoms with E-state index in [9.17, 15) is 14.9 Å². The van der Waals surface area contributed by atoms with Gasteiger partial charge in [0.05, 0.1) is 10.8 Å². The van der Waals surface area contributed by atoms with E-state index in [1.807, 2.05) is 24.3 Å². The fourth-order valence-electron chi connectivity index (χ4n) is 4.55. The zero-order valence-electron chi connectivity index (χ0n) is 15.8. The van der Waals surface area contributed by atoms with Gasteiger partial charge < -0.3 is 10.2 Å². The van der Waals surface area contributed by atoms with Gasteiger partial charge in [-0.15, -0.1) is 0 Å². The molecule has 2 aliphatic rings. The van der Waals surface area contributed by atoms with Gasteiger partial charge in [0.2, 0.25) is 5.91 Å². The van der Waals surface area contributed by atoms with E-state index in [-0.39, 0.29) is 28.5 Å². The molecule has 6 heteroatoms. The van der Waals surface area contributed by atoms with Crippen LogP contribution in [0.25, 0.3) is 0 Å². The van der Waals surface area contributed by atoms with Crippen molar-refractivity contribution < 1.29 is 9.72 Å². The Hall–Kier alpha value is -2.89. The minimum absolute atomic E-state index is 0.0602. The summed E-state index contributed by atoms with van der Waals surface area (Å²) >= 11 is 0. The summed E-state index contributed by atoms with van der Waals surface area (Å²) in [5.41, 5.74) is 3.27. The summed E-state index contributed by atoms with van der Waals surface area (Å²) in [7, 11) is 0. The summed E-state index contributed by atoms with van der Waals surface area (Å²) < 4.78 is 0. The molecule has 2 atom stereocenters. The highest BCUT2D eigenvalue weighted by molar-refractivity contribution is 5.82. The summed E-state index contributed by atoms with van der Waals surface area (Å²) in [5, 5.41) is 14.3. The topological polar surface area (TPSA) is 75.5 Å². The van der Waals surface area contributed by atoms with Gasteiger partial charge in [0.1, 0.15) is 0 Å². The number of nitro groups is 1. The lowest BCUT2D eigenvalue weighted by Crippen LogP contribution is -2.53. The minimum Gasteiger partial charge on any atom is -0.368 e. The highest BCUT2D eigenvalue weighted by Crippen LogP contribution is 2.39. The molecule has 2 aliphatic heterocycles. The second-order valence-corrected chi connectivity index (χ2v) is 7.66. The molecule has 2 aromatic carbocycles. The van der Waals surface area contributed by atoms with Crippen molar-refractivity contribution in [3.8, 4) is 0 Å². The van der Waals surface area contributed by atoms with E-state index < -0.39 is 0 Å². The van der Waals surface area contributed by atoms with E-state index in [4.69, 9.17) is 0 Å². The first-order valence-corrected chi connectivity index (χ1v) is 9.99. The Balaban J connectivity index is 1.50. The van der Waals surface area contributed by atoms with Gasteiger partial charge in [-0.1, -0.05) is 30.3 Å². The van der Waals surface area contributed by atoms with Crippen LogP contribution in [0.4, 0.5) is 11.4 Å². The average Bonchev–Trinajstić information content (AvgIpc) is 2.73. The largest absolute Gasteiger partial charge is 0.368 e. The fraction of sp³-hybridized carbons (Fsp3) is 0.409. The van der Waals surface area contributed by atoms with Crippen LogP contribution in [0.5, 0.6) is 0 Å². The molecule has 0 aliphatic carbocycles. The highest BCUT2D eigenvalue weighted by Gasteiger charge is 2.39. The van der Waals surface area contributed by atoms with Crippen LogP contribution in [0.1, 0.15) is 30.4 Å². The minimum atomic E-state index is -0.364. The van der Waals surface area contributed by atoms with Crippen molar-refractivity contribution in [3.63, 3.8) is 0 Å². The van der Waals surface area contributed by atoms with Crippen LogP contribution in [0.3, 0.4) is 0 Å². The first kappa shape index (κ1) is 18.5. The van der Waals surface area contributed by atoms with Crippen molar-refractivity contribution in [1.82, 2.24) is 5.32 Å². The molecule has 0 radical (unpaired) electrons. The molecule has 4 rings (SSSR count).